The van der Waals surface area contributed by atoms with Crippen molar-refractivity contribution in [3.8, 4) is 68.5 Å². The van der Waals surface area contributed by atoms with Gasteiger partial charge in [-0.2, -0.15) is 0 Å². The van der Waals surface area contributed by atoms with Gasteiger partial charge >= 0.3 is 0 Å². The largest absolute Gasteiger partial charge is 0.504 e. The van der Waals surface area contributed by atoms with Gasteiger partial charge in [-0.05, 0) is 0 Å². The number of nitrogens with one attached hydrogen (secondary N) is 2. The number of phenolic OH excluding ortho intramolecular Hbond substituents is 4. The van der Waals surface area contributed by atoms with Gasteiger partial charge in [0.1, 0.15) is 22.6 Å². The van der Waals surface area contributed by atoms with Crippen LogP contribution in [0.2, 0.25) is 0 Å². The average molecular weight is 642 g/mol. The number of rotatable bonds is 0. The van der Waals surface area contributed by atoms with Gasteiger partial charge in [-0.3, -0.25) is 0 Å². The summed E-state index contributed by atoms with van der Waals surface area (Å²) in [5.41, 5.74) is 4.00. The molecule has 2 aliphatic rings. The number of benzene rings is 4. The number of aromatic nitrogens is 8. The number of hydrogen-bond donors (Lipinski definition) is 6. The van der Waals surface area contributed by atoms with E-state index in [2.05, 4.69) is 9.97 Å². The molecule has 9 rings (SSSR count). The van der Waals surface area contributed by atoms with Gasteiger partial charge < -0.3 is 30.4 Å². The van der Waals surface area contributed by atoms with Gasteiger partial charge in [-0.25, -0.2) is 29.9 Å². The Hall–Kier alpha value is -6.04. The molecule has 7 aromatic rings. The molecule has 4 aromatic carbocycles. The molecule has 3 aromatic heterocycles. The van der Waals surface area contributed by atoms with Crippen molar-refractivity contribution in [1.82, 2.24) is 39.9 Å². The Kier molecular flexibility index (Phi) is 5.60. The topological polar surface area (TPSA) is 190 Å². The first-order valence-electron chi connectivity index (χ1n) is 13.6. The van der Waals surface area contributed by atoms with E-state index in [0.717, 1.165) is 21.9 Å². The molecule has 6 N–H and O–H groups in total. The number of aromatic amines is 2. The quantitative estimate of drug-likeness (QED) is 0.0681. The van der Waals surface area contributed by atoms with Crippen molar-refractivity contribution >= 4 is 44.1 Å². The van der Waals surface area contributed by atoms with Gasteiger partial charge in [-0.15, -0.1) is 0 Å². The fourth-order valence-electron chi connectivity index (χ4n) is 5.84. The molecule has 2 aliphatic heterocycles. The standard InChI is InChI=1S/C32H18N8O4.Cu/c41-21-19-20(22(42)24(44)23(21)43)32-39-30-18-12-6-4-10-16(18)28(37-30)35-26-14-8-2-1-7-13(14)25(33-26)34-27-15-9-3-5-11-17(15)29(36-27)38-31(19)40-32;/h1-12,41-44H,(H2,33,34,35,36,37,38,39,40);. The summed E-state index contributed by atoms with van der Waals surface area (Å²) < 4.78 is 0. The minimum absolute atomic E-state index is 0. The van der Waals surface area contributed by atoms with Crippen LogP contribution in [0.4, 0.5) is 0 Å². The van der Waals surface area contributed by atoms with Crippen LogP contribution in [-0.2, 0) is 17.1 Å². The van der Waals surface area contributed by atoms with Crippen molar-refractivity contribution < 1.29 is 37.5 Å². The number of phenols is 4. The third kappa shape index (κ3) is 3.71. The summed E-state index contributed by atoms with van der Waals surface area (Å²) in [4.78, 5) is 35.1. The molecule has 0 saturated heterocycles. The number of hydrogen-bond acceptors (Lipinski definition) is 10. The van der Waals surface area contributed by atoms with Gasteiger partial charge in [0.15, 0.2) is 34.8 Å². The maximum absolute atomic E-state index is 11.0. The Morgan fingerprint density at radius 1 is 0.378 bits per heavy atom. The van der Waals surface area contributed by atoms with Crippen LogP contribution >= 0.6 is 0 Å². The third-order valence-corrected chi connectivity index (χ3v) is 7.89. The summed E-state index contributed by atoms with van der Waals surface area (Å²) in [7, 11) is 0. The van der Waals surface area contributed by atoms with Crippen molar-refractivity contribution in [2.75, 3.05) is 0 Å². The number of H-pyrrole nitrogens is 2. The van der Waals surface area contributed by atoms with Crippen molar-refractivity contribution in [2.45, 2.75) is 0 Å². The fraction of sp³-hybridized carbons (Fsp3) is 0. The van der Waals surface area contributed by atoms with Gasteiger partial charge in [0, 0.05) is 50.1 Å². The Morgan fingerprint density at radius 2 is 0.689 bits per heavy atom. The van der Waals surface area contributed by atoms with E-state index < -0.39 is 23.0 Å². The zero-order chi connectivity index (χ0) is 29.7. The average Bonchev–Trinajstić information content (AvgIpc) is 3.78. The normalized spacial score (nSPS) is 11.7. The summed E-state index contributed by atoms with van der Waals surface area (Å²) >= 11 is 0. The van der Waals surface area contributed by atoms with Gasteiger partial charge in [0.2, 0.25) is 11.5 Å². The zero-order valence-electron chi connectivity index (χ0n) is 22.7. The molecule has 12 nitrogen and oxygen atoms in total. The summed E-state index contributed by atoms with van der Waals surface area (Å²) in [6.45, 7) is 0. The molecule has 0 spiro atoms. The SMILES string of the molecule is Oc1c(O)c(O)c2c3nc4nc(nc5[nH]c(nc6nc(nc([nH]3)c2c1O)-c1ccccc1-6)c1ccccc51)-c1ccccc1-4.[Cu]. The van der Waals surface area contributed by atoms with Crippen LogP contribution < -0.4 is 0 Å². The maximum atomic E-state index is 11.0. The molecule has 0 fully saturated rings. The molecule has 0 atom stereocenters. The predicted molar refractivity (Wildman–Crippen MR) is 163 cm³/mol. The first kappa shape index (κ1) is 26.6. The van der Waals surface area contributed by atoms with Gasteiger partial charge in [-0.1, -0.05) is 72.8 Å². The second-order valence-corrected chi connectivity index (χ2v) is 10.4. The molecule has 13 heteroatoms. The van der Waals surface area contributed by atoms with E-state index >= 15 is 0 Å². The molecular formula is C32H18CuN8O4. The molecule has 45 heavy (non-hydrogen) atoms. The van der Waals surface area contributed by atoms with E-state index in [0.29, 0.717) is 34.1 Å². The second kappa shape index (κ2) is 9.48. The number of fused-ring (bicyclic) bond motifs is 20. The number of nitrogens with zero attached hydrogens (tertiary/aromatic N) is 6. The Morgan fingerprint density at radius 3 is 1.07 bits per heavy atom. The minimum Gasteiger partial charge on any atom is -0.504 e. The van der Waals surface area contributed by atoms with Crippen molar-refractivity contribution in [1.29, 1.82) is 0 Å². The number of aromatic hydroxyl groups is 4. The van der Waals surface area contributed by atoms with E-state index in [1.54, 1.807) is 0 Å². The Balaban J connectivity index is 0.00000300. The minimum atomic E-state index is -0.897. The molecule has 8 bridgehead atoms. The summed E-state index contributed by atoms with van der Waals surface area (Å²) in [6.07, 6.45) is 0. The molecule has 0 unspecified atom stereocenters. The van der Waals surface area contributed by atoms with Crippen LogP contribution in [0.1, 0.15) is 0 Å². The molecule has 5 heterocycles. The van der Waals surface area contributed by atoms with Crippen LogP contribution in [0.15, 0.2) is 72.8 Å². The summed E-state index contributed by atoms with van der Waals surface area (Å²) in [5, 5.41) is 44.4. The second-order valence-electron chi connectivity index (χ2n) is 10.4. The fourth-order valence-corrected chi connectivity index (χ4v) is 5.84. The molecule has 0 aliphatic carbocycles. The van der Waals surface area contributed by atoms with Crippen LogP contribution in [0.25, 0.3) is 89.7 Å². The molecule has 0 saturated carbocycles. The van der Waals surface area contributed by atoms with Crippen LogP contribution in [0.3, 0.4) is 0 Å². The van der Waals surface area contributed by atoms with Crippen molar-refractivity contribution in [3.05, 3.63) is 72.8 Å². The smallest absolute Gasteiger partial charge is 0.205 e. The first-order valence-corrected chi connectivity index (χ1v) is 13.6. The monoisotopic (exact) mass is 641 g/mol. The van der Waals surface area contributed by atoms with Gasteiger partial charge in [0.05, 0.1) is 10.8 Å². The molecule has 221 valence electrons. The van der Waals surface area contributed by atoms with E-state index in [-0.39, 0.29) is 50.8 Å². The maximum Gasteiger partial charge on any atom is 0.205 e. The molecule has 0 amide bonds. The van der Waals surface area contributed by atoms with E-state index in [9.17, 15) is 20.4 Å². The van der Waals surface area contributed by atoms with Crippen LogP contribution in [-0.4, -0.2) is 60.3 Å². The first-order chi connectivity index (χ1) is 21.5. The summed E-state index contributed by atoms with van der Waals surface area (Å²) in [5.74, 6) is -1.83. The van der Waals surface area contributed by atoms with E-state index in [1.165, 1.54) is 0 Å². The third-order valence-electron chi connectivity index (χ3n) is 7.89. The van der Waals surface area contributed by atoms with E-state index in [1.807, 2.05) is 72.8 Å². The summed E-state index contributed by atoms with van der Waals surface area (Å²) in [6, 6.07) is 22.7. The van der Waals surface area contributed by atoms with Crippen molar-refractivity contribution in [3.63, 3.8) is 0 Å². The van der Waals surface area contributed by atoms with Crippen LogP contribution in [0.5, 0.6) is 23.0 Å². The Bertz CT molecular complexity index is 2410. The van der Waals surface area contributed by atoms with Gasteiger partial charge in [0.25, 0.3) is 0 Å². The van der Waals surface area contributed by atoms with Crippen LogP contribution in [0, 0.1) is 0 Å². The van der Waals surface area contributed by atoms with E-state index in [4.69, 9.17) is 29.9 Å². The predicted octanol–water partition coefficient (Wildman–Crippen LogP) is 5.69. The molecular weight excluding hydrogens is 624 g/mol. The molecule has 1 radical (unpaired) electrons. The zero-order valence-corrected chi connectivity index (χ0v) is 23.6. The van der Waals surface area contributed by atoms with Crippen molar-refractivity contribution in [2.24, 2.45) is 0 Å². The Labute approximate surface area is 262 Å².